The van der Waals surface area contributed by atoms with Gasteiger partial charge in [-0.25, -0.2) is 4.98 Å². The lowest BCUT2D eigenvalue weighted by Crippen LogP contribution is -2.53. The number of aromatic nitrogens is 1. The second-order valence-electron chi connectivity index (χ2n) is 8.20. The Balaban J connectivity index is 1.74. The van der Waals surface area contributed by atoms with E-state index in [1.54, 1.807) is 4.90 Å². The molecule has 8 heteroatoms. The topological polar surface area (TPSA) is 115 Å². The average Bonchev–Trinajstić information content (AvgIpc) is 2.73. The molecule has 158 valence electrons. The SMILES string of the molecule is COc1ncc(NC(=O)C(=O)N2C[C@@H](C)CC[C@H]2C2CCCCC2)cc1C(N)=O. The number of primary amides is 1. The van der Waals surface area contributed by atoms with Crippen molar-refractivity contribution in [3.8, 4) is 5.88 Å². The first-order valence-electron chi connectivity index (χ1n) is 10.4. The van der Waals surface area contributed by atoms with Crippen molar-refractivity contribution in [2.75, 3.05) is 19.0 Å². The van der Waals surface area contributed by atoms with Gasteiger partial charge < -0.3 is 20.7 Å². The summed E-state index contributed by atoms with van der Waals surface area (Å²) in [7, 11) is 1.37. The molecule has 2 heterocycles. The van der Waals surface area contributed by atoms with Crippen LogP contribution in [0.25, 0.3) is 0 Å². The highest BCUT2D eigenvalue weighted by molar-refractivity contribution is 6.39. The van der Waals surface area contributed by atoms with Gasteiger partial charge in [0, 0.05) is 12.6 Å². The Kier molecular flexibility index (Phi) is 6.71. The maximum Gasteiger partial charge on any atom is 0.313 e. The molecule has 0 aromatic carbocycles. The predicted molar refractivity (Wildman–Crippen MR) is 108 cm³/mol. The van der Waals surface area contributed by atoms with E-state index in [4.69, 9.17) is 10.5 Å². The van der Waals surface area contributed by atoms with Crippen LogP contribution in [0.2, 0.25) is 0 Å². The number of carbonyl (C=O) groups is 3. The molecular formula is C21H30N4O4. The summed E-state index contributed by atoms with van der Waals surface area (Å²) >= 11 is 0. The number of carbonyl (C=O) groups excluding carboxylic acids is 3. The van der Waals surface area contributed by atoms with Gasteiger partial charge in [0.1, 0.15) is 5.56 Å². The van der Waals surface area contributed by atoms with E-state index in [0.717, 1.165) is 25.7 Å². The quantitative estimate of drug-likeness (QED) is 0.750. The van der Waals surface area contributed by atoms with Crippen LogP contribution in [0, 0.1) is 11.8 Å². The van der Waals surface area contributed by atoms with E-state index in [9.17, 15) is 14.4 Å². The van der Waals surface area contributed by atoms with Crippen molar-refractivity contribution >= 4 is 23.4 Å². The second kappa shape index (κ2) is 9.24. The highest BCUT2D eigenvalue weighted by Crippen LogP contribution is 2.35. The van der Waals surface area contributed by atoms with Crippen LogP contribution in [0.4, 0.5) is 5.69 Å². The Morgan fingerprint density at radius 2 is 1.90 bits per heavy atom. The van der Waals surface area contributed by atoms with Crippen molar-refractivity contribution in [2.24, 2.45) is 17.6 Å². The van der Waals surface area contributed by atoms with E-state index in [1.807, 2.05) is 0 Å². The molecular weight excluding hydrogens is 372 g/mol. The summed E-state index contributed by atoms with van der Waals surface area (Å²) in [5.74, 6) is -1.05. The number of nitrogens with two attached hydrogens (primary N) is 1. The zero-order valence-corrected chi connectivity index (χ0v) is 17.1. The number of nitrogens with zero attached hydrogens (tertiary/aromatic N) is 2. The number of amides is 3. The largest absolute Gasteiger partial charge is 0.480 e. The fourth-order valence-corrected chi connectivity index (χ4v) is 4.59. The summed E-state index contributed by atoms with van der Waals surface area (Å²) in [4.78, 5) is 43.0. The first-order chi connectivity index (χ1) is 13.9. The number of likely N-dealkylation sites (tertiary alicyclic amines) is 1. The van der Waals surface area contributed by atoms with E-state index in [-0.39, 0.29) is 23.2 Å². The number of pyridine rings is 1. The first-order valence-corrected chi connectivity index (χ1v) is 10.4. The van der Waals surface area contributed by atoms with Crippen molar-refractivity contribution in [3.63, 3.8) is 0 Å². The summed E-state index contributed by atoms with van der Waals surface area (Å²) in [6.45, 7) is 2.71. The van der Waals surface area contributed by atoms with Gasteiger partial charge in [0.25, 0.3) is 5.91 Å². The van der Waals surface area contributed by atoms with Gasteiger partial charge in [0.15, 0.2) is 0 Å². The van der Waals surface area contributed by atoms with Crippen LogP contribution < -0.4 is 15.8 Å². The van der Waals surface area contributed by atoms with Crippen molar-refractivity contribution in [2.45, 2.75) is 57.9 Å². The molecule has 1 aromatic heterocycles. The maximum atomic E-state index is 13.0. The van der Waals surface area contributed by atoms with Gasteiger partial charge in [-0.3, -0.25) is 14.4 Å². The van der Waals surface area contributed by atoms with Gasteiger partial charge in [-0.2, -0.15) is 0 Å². The molecule has 1 aliphatic carbocycles. The third-order valence-corrected chi connectivity index (χ3v) is 6.08. The minimum Gasteiger partial charge on any atom is -0.480 e. The molecule has 8 nitrogen and oxygen atoms in total. The Labute approximate surface area is 171 Å². The zero-order chi connectivity index (χ0) is 21.0. The van der Waals surface area contributed by atoms with E-state index < -0.39 is 17.7 Å². The minimum absolute atomic E-state index is 0.0458. The third kappa shape index (κ3) is 4.86. The Bertz CT molecular complexity index is 776. The van der Waals surface area contributed by atoms with E-state index in [0.29, 0.717) is 18.4 Å². The highest BCUT2D eigenvalue weighted by atomic mass is 16.5. The highest BCUT2D eigenvalue weighted by Gasteiger charge is 2.37. The van der Waals surface area contributed by atoms with Crippen molar-refractivity contribution in [1.29, 1.82) is 0 Å². The zero-order valence-electron chi connectivity index (χ0n) is 17.1. The molecule has 0 bridgehead atoms. The smallest absolute Gasteiger partial charge is 0.313 e. The summed E-state index contributed by atoms with van der Waals surface area (Å²) in [6, 6.07) is 1.50. The molecule has 0 radical (unpaired) electrons. The number of hydrogen-bond acceptors (Lipinski definition) is 5. The average molecular weight is 402 g/mol. The molecule has 2 fully saturated rings. The number of nitrogens with one attached hydrogen (secondary N) is 1. The number of methoxy groups -OCH3 is 1. The molecule has 1 aromatic rings. The second-order valence-corrected chi connectivity index (χ2v) is 8.20. The molecule has 1 aliphatic heterocycles. The number of hydrogen-bond donors (Lipinski definition) is 2. The van der Waals surface area contributed by atoms with Crippen molar-refractivity contribution in [1.82, 2.24) is 9.88 Å². The molecule has 0 spiro atoms. The standard InChI is InChI=1S/C21H30N4O4/c1-13-8-9-17(14-6-4-3-5-7-14)25(12-13)21(28)19(27)24-15-10-16(18(22)26)20(29-2)23-11-15/h10-11,13-14,17H,3-9,12H2,1-2H3,(H2,22,26)(H,24,27)/t13-,17-/m0/s1. The van der Waals surface area contributed by atoms with Crippen LogP contribution in [-0.4, -0.2) is 47.3 Å². The van der Waals surface area contributed by atoms with Gasteiger partial charge in [-0.15, -0.1) is 0 Å². The van der Waals surface area contributed by atoms with Crippen LogP contribution in [0.15, 0.2) is 12.3 Å². The Morgan fingerprint density at radius 3 is 2.55 bits per heavy atom. The minimum atomic E-state index is -0.723. The summed E-state index contributed by atoms with van der Waals surface area (Å²) in [5, 5.41) is 2.57. The van der Waals surface area contributed by atoms with Crippen LogP contribution in [0.1, 0.15) is 62.2 Å². The van der Waals surface area contributed by atoms with E-state index in [2.05, 4.69) is 17.2 Å². The first kappa shape index (κ1) is 21.1. The van der Waals surface area contributed by atoms with Gasteiger partial charge in [0.2, 0.25) is 5.88 Å². The Hall–Kier alpha value is -2.64. The number of rotatable bonds is 4. The normalized spacial score (nSPS) is 22.8. The number of piperidine rings is 1. The van der Waals surface area contributed by atoms with E-state index in [1.165, 1.54) is 38.6 Å². The molecule has 3 amide bonds. The van der Waals surface area contributed by atoms with Gasteiger partial charge >= 0.3 is 11.8 Å². The molecule has 3 N–H and O–H groups in total. The number of anilines is 1. The Morgan fingerprint density at radius 1 is 1.17 bits per heavy atom. The molecule has 2 aliphatic rings. The molecule has 1 saturated heterocycles. The maximum absolute atomic E-state index is 13.0. The van der Waals surface area contributed by atoms with E-state index >= 15 is 0 Å². The van der Waals surface area contributed by atoms with Crippen molar-refractivity contribution in [3.05, 3.63) is 17.8 Å². The summed E-state index contributed by atoms with van der Waals surface area (Å²) < 4.78 is 5.00. The monoisotopic (exact) mass is 402 g/mol. The lowest BCUT2D eigenvalue weighted by Gasteiger charge is -2.43. The molecule has 2 atom stereocenters. The molecule has 29 heavy (non-hydrogen) atoms. The van der Waals surface area contributed by atoms with Crippen LogP contribution >= 0.6 is 0 Å². The van der Waals surface area contributed by atoms with Gasteiger partial charge in [-0.1, -0.05) is 26.2 Å². The fraction of sp³-hybridized carbons (Fsp3) is 0.619. The molecule has 3 rings (SSSR count). The lowest BCUT2D eigenvalue weighted by molar-refractivity contribution is -0.147. The number of ether oxygens (including phenoxy) is 1. The fourth-order valence-electron chi connectivity index (χ4n) is 4.59. The third-order valence-electron chi connectivity index (χ3n) is 6.08. The molecule has 0 unspecified atom stereocenters. The summed E-state index contributed by atoms with van der Waals surface area (Å²) in [6.07, 6.45) is 9.24. The van der Waals surface area contributed by atoms with Crippen LogP contribution in [0.3, 0.4) is 0 Å². The predicted octanol–water partition coefficient (Wildman–Crippen LogP) is 2.33. The molecule has 1 saturated carbocycles. The van der Waals surface area contributed by atoms with Crippen molar-refractivity contribution < 1.29 is 19.1 Å². The van der Waals surface area contributed by atoms with Gasteiger partial charge in [0.05, 0.1) is 19.0 Å². The summed E-state index contributed by atoms with van der Waals surface area (Å²) in [5.41, 5.74) is 5.62. The van der Waals surface area contributed by atoms with Crippen LogP contribution in [-0.2, 0) is 9.59 Å². The lowest BCUT2D eigenvalue weighted by atomic mass is 9.78. The van der Waals surface area contributed by atoms with Crippen LogP contribution in [0.5, 0.6) is 5.88 Å². The van der Waals surface area contributed by atoms with Gasteiger partial charge in [-0.05, 0) is 43.6 Å².